The van der Waals surface area contributed by atoms with Crippen molar-refractivity contribution >= 4 is 20.9 Å². The Morgan fingerprint density at radius 1 is 1.08 bits per heavy atom. The highest BCUT2D eigenvalue weighted by Gasteiger charge is 2.32. The molecule has 8 heteroatoms. The molecule has 1 atom stereocenters. The molecule has 7 nitrogen and oxygen atoms in total. The summed E-state index contributed by atoms with van der Waals surface area (Å²) in [5.41, 5.74) is 0.493. The molecule has 0 radical (unpaired) electrons. The number of ether oxygens (including phenoxy) is 1. The maximum Gasteiger partial charge on any atom is 0.245 e. The van der Waals surface area contributed by atoms with Gasteiger partial charge in [-0.2, -0.15) is 9.40 Å². The maximum atomic E-state index is 13.2. The number of rotatable bonds is 4. The smallest absolute Gasteiger partial charge is 0.245 e. The Labute approximate surface area is 151 Å². The number of piperidine rings is 1. The molecule has 4 rings (SSSR count). The third kappa shape index (κ3) is 3.25. The van der Waals surface area contributed by atoms with Gasteiger partial charge in [0, 0.05) is 30.4 Å². The highest BCUT2D eigenvalue weighted by Crippen LogP contribution is 2.27. The molecule has 0 N–H and O–H groups in total. The maximum absolute atomic E-state index is 13.2. The monoisotopic (exact) mass is 370 g/mol. The molecular weight excluding hydrogens is 352 g/mol. The summed E-state index contributed by atoms with van der Waals surface area (Å²) in [7, 11) is -3.66. The van der Waals surface area contributed by atoms with Gasteiger partial charge in [-0.3, -0.25) is 4.98 Å². The first kappa shape index (κ1) is 16.9. The molecule has 0 aliphatic carbocycles. The predicted octanol–water partition coefficient (Wildman–Crippen LogP) is 2.26. The molecule has 1 aliphatic rings. The number of nitrogens with zero attached hydrogens (tertiary/aromatic N) is 4. The quantitative estimate of drug-likeness (QED) is 0.700. The van der Waals surface area contributed by atoms with E-state index in [2.05, 4.69) is 15.2 Å². The predicted molar refractivity (Wildman–Crippen MR) is 96.2 cm³/mol. The SMILES string of the molecule is O=S(=O)(c1cccc2cccnc12)N1CCC[C@H](Oc2cccnn2)C1. The van der Waals surface area contributed by atoms with Gasteiger partial charge in [0.2, 0.25) is 15.9 Å². The van der Waals surface area contributed by atoms with Crippen molar-refractivity contribution in [3.8, 4) is 5.88 Å². The molecule has 1 fully saturated rings. The summed E-state index contributed by atoms with van der Waals surface area (Å²) in [4.78, 5) is 4.51. The van der Waals surface area contributed by atoms with Crippen LogP contribution in [0.5, 0.6) is 5.88 Å². The summed E-state index contributed by atoms with van der Waals surface area (Å²) < 4.78 is 33.7. The van der Waals surface area contributed by atoms with Gasteiger partial charge >= 0.3 is 0 Å². The Morgan fingerprint density at radius 2 is 1.92 bits per heavy atom. The number of hydrogen-bond acceptors (Lipinski definition) is 6. The molecular formula is C18H18N4O3S. The lowest BCUT2D eigenvalue weighted by molar-refractivity contribution is 0.123. The number of pyridine rings is 1. The van der Waals surface area contributed by atoms with Gasteiger partial charge in [0.05, 0.1) is 12.1 Å². The molecule has 1 aromatic carbocycles. The third-order valence-electron chi connectivity index (χ3n) is 4.39. The zero-order chi connectivity index (χ0) is 18.0. The van der Waals surface area contributed by atoms with Crippen LogP contribution in [0.25, 0.3) is 10.9 Å². The molecule has 2 aromatic heterocycles. The summed E-state index contributed by atoms with van der Waals surface area (Å²) in [6.07, 6.45) is 4.42. The lowest BCUT2D eigenvalue weighted by atomic mass is 10.1. The fourth-order valence-corrected chi connectivity index (χ4v) is 4.84. The third-order valence-corrected chi connectivity index (χ3v) is 6.29. The van der Waals surface area contributed by atoms with E-state index in [4.69, 9.17) is 4.74 Å². The van der Waals surface area contributed by atoms with Crippen molar-refractivity contribution in [2.75, 3.05) is 13.1 Å². The van der Waals surface area contributed by atoms with Gasteiger partial charge in [-0.15, -0.1) is 5.10 Å². The van der Waals surface area contributed by atoms with E-state index in [-0.39, 0.29) is 17.5 Å². The summed E-state index contributed by atoms with van der Waals surface area (Å²) in [5, 5.41) is 8.50. The normalized spacial score (nSPS) is 18.7. The van der Waals surface area contributed by atoms with Crippen LogP contribution in [0.2, 0.25) is 0 Å². The molecule has 134 valence electrons. The first-order valence-corrected chi connectivity index (χ1v) is 9.87. The standard InChI is InChI=1S/C18H18N4O3S/c23-26(24,16-8-1-5-14-6-2-10-19-18(14)16)22-12-4-7-15(13-22)25-17-9-3-11-20-21-17/h1-3,5-6,8-11,15H,4,7,12-13H2/t15-/m0/s1. The number of para-hydroxylation sites is 1. The largest absolute Gasteiger partial charge is 0.472 e. The summed E-state index contributed by atoms with van der Waals surface area (Å²) in [6.45, 7) is 0.744. The van der Waals surface area contributed by atoms with Crippen LogP contribution in [0.15, 0.2) is 59.8 Å². The van der Waals surface area contributed by atoms with Gasteiger partial charge in [0.15, 0.2) is 0 Å². The van der Waals surface area contributed by atoms with Crippen molar-refractivity contribution in [1.29, 1.82) is 0 Å². The van der Waals surface area contributed by atoms with Gasteiger partial charge in [0.1, 0.15) is 11.0 Å². The molecule has 0 unspecified atom stereocenters. The Kier molecular flexibility index (Phi) is 4.52. The molecule has 0 spiro atoms. The highest BCUT2D eigenvalue weighted by molar-refractivity contribution is 7.89. The van der Waals surface area contributed by atoms with E-state index in [1.807, 2.05) is 12.1 Å². The first-order chi connectivity index (χ1) is 12.6. The minimum atomic E-state index is -3.66. The van der Waals surface area contributed by atoms with E-state index in [0.29, 0.717) is 17.9 Å². The van der Waals surface area contributed by atoms with Gasteiger partial charge in [-0.25, -0.2) is 8.42 Å². The highest BCUT2D eigenvalue weighted by atomic mass is 32.2. The average Bonchev–Trinajstić information content (AvgIpc) is 2.68. The zero-order valence-corrected chi connectivity index (χ0v) is 14.8. The van der Waals surface area contributed by atoms with Crippen LogP contribution in [0, 0.1) is 0 Å². The number of fused-ring (bicyclic) bond motifs is 1. The summed E-state index contributed by atoms with van der Waals surface area (Å²) in [6, 6.07) is 12.3. The van der Waals surface area contributed by atoms with Crippen molar-refractivity contribution in [3.05, 3.63) is 54.9 Å². The van der Waals surface area contributed by atoms with Crippen LogP contribution >= 0.6 is 0 Å². The van der Waals surface area contributed by atoms with Gasteiger partial charge in [-0.05, 0) is 31.0 Å². The van der Waals surface area contributed by atoms with Gasteiger partial charge in [0.25, 0.3) is 0 Å². The van der Waals surface area contributed by atoms with E-state index < -0.39 is 10.0 Å². The van der Waals surface area contributed by atoms with E-state index >= 15 is 0 Å². The second kappa shape index (κ2) is 6.97. The molecule has 0 saturated carbocycles. The van der Waals surface area contributed by atoms with E-state index in [1.54, 1.807) is 42.7 Å². The van der Waals surface area contributed by atoms with Crippen molar-refractivity contribution in [2.45, 2.75) is 23.8 Å². The van der Waals surface area contributed by atoms with Gasteiger partial charge in [-0.1, -0.05) is 18.2 Å². The van der Waals surface area contributed by atoms with Crippen molar-refractivity contribution in [3.63, 3.8) is 0 Å². The van der Waals surface area contributed by atoms with Crippen LogP contribution in [0.3, 0.4) is 0 Å². The van der Waals surface area contributed by atoms with Crippen LogP contribution in [0.4, 0.5) is 0 Å². The minimum Gasteiger partial charge on any atom is -0.472 e. The second-order valence-electron chi connectivity index (χ2n) is 6.14. The summed E-state index contributed by atoms with van der Waals surface area (Å²) in [5.74, 6) is 0.406. The Hall–Kier alpha value is -2.58. The van der Waals surface area contributed by atoms with Crippen molar-refractivity contribution in [2.24, 2.45) is 0 Å². The molecule has 0 amide bonds. The molecule has 0 bridgehead atoms. The molecule has 1 saturated heterocycles. The van der Waals surface area contributed by atoms with Crippen molar-refractivity contribution in [1.82, 2.24) is 19.5 Å². The van der Waals surface area contributed by atoms with E-state index in [1.165, 1.54) is 4.31 Å². The number of aromatic nitrogens is 3. The topological polar surface area (TPSA) is 85.3 Å². The van der Waals surface area contributed by atoms with Crippen LogP contribution in [-0.4, -0.2) is 47.1 Å². The lowest BCUT2D eigenvalue weighted by Gasteiger charge is -2.31. The first-order valence-electron chi connectivity index (χ1n) is 8.43. The fraction of sp³-hybridized carbons (Fsp3) is 0.278. The number of benzene rings is 1. The van der Waals surface area contributed by atoms with E-state index in [9.17, 15) is 8.42 Å². The summed E-state index contributed by atoms with van der Waals surface area (Å²) >= 11 is 0. The number of sulfonamides is 1. The van der Waals surface area contributed by atoms with E-state index in [0.717, 1.165) is 18.2 Å². The Morgan fingerprint density at radius 3 is 2.77 bits per heavy atom. The second-order valence-corrected chi connectivity index (χ2v) is 8.04. The molecule has 1 aliphatic heterocycles. The molecule has 3 heterocycles. The molecule has 3 aromatic rings. The van der Waals surface area contributed by atoms with Gasteiger partial charge < -0.3 is 4.74 Å². The van der Waals surface area contributed by atoms with Crippen LogP contribution < -0.4 is 4.74 Å². The van der Waals surface area contributed by atoms with Crippen LogP contribution in [0.1, 0.15) is 12.8 Å². The minimum absolute atomic E-state index is 0.232. The number of hydrogen-bond donors (Lipinski definition) is 0. The van der Waals surface area contributed by atoms with Crippen molar-refractivity contribution < 1.29 is 13.2 Å². The fourth-order valence-electron chi connectivity index (χ4n) is 3.16. The average molecular weight is 370 g/mol. The lowest BCUT2D eigenvalue weighted by Crippen LogP contribution is -2.44. The zero-order valence-electron chi connectivity index (χ0n) is 14.0. The van der Waals surface area contributed by atoms with Crippen LogP contribution in [-0.2, 0) is 10.0 Å². The Bertz CT molecular complexity index is 1010. The Balaban J connectivity index is 1.61. The molecule has 26 heavy (non-hydrogen) atoms.